The maximum atomic E-state index is 8.66. The van der Waals surface area contributed by atoms with Crippen molar-refractivity contribution >= 4 is 0 Å². The zero-order valence-electron chi connectivity index (χ0n) is 9.78. The van der Waals surface area contributed by atoms with E-state index < -0.39 is 0 Å². The summed E-state index contributed by atoms with van der Waals surface area (Å²) in [7, 11) is 0. The molecule has 0 N–H and O–H groups in total. The van der Waals surface area contributed by atoms with Crippen molar-refractivity contribution in [3.05, 3.63) is 24.0 Å². The van der Waals surface area contributed by atoms with E-state index in [9.17, 15) is 0 Å². The molecule has 0 saturated carbocycles. The number of nitrogens with zero attached hydrogens (tertiary/aromatic N) is 2. The number of aromatic nitrogens is 1. The first kappa shape index (κ1) is 12.5. The van der Waals surface area contributed by atoms with Crippen molar-refractivity contribution < 1.29 is 4.74 Å². The third-order valence-corrected chi connectivity index (χ3v) is 2.36. The van der Waals surface area contributed by atoms with Crippen LogP contribution in [-0.4, -0.2) is 11.6 Å². The number of hydrogen-bond acceptors (Lipinski definition) is 3. The van der Waals surface area contributed by atoms with Crippen LogP contribution in [0.25, 0.3) is 0 Å². The summed E-state index contributed by atoms with van der Waals surface area (Å²) in [4.78, 5) is 3.89. The van der Waals surface area contributed by atoms with Crippen molar-refractivity contribution in [3.63, 3.8) is 0 Å². The maximum absolute atomic E-state index is 8.66. The molecule has 1 heterocycles. The fourth-order valence-corrected chi connectivity index (χ4v) is 1.46. The largest absolute Gasteiger partial charge is 0.493 e. The zero-order valence-corrected chi connectivity index (χ0v) is 9.78. The van der Waals surface area contributed by atoms with E-state index in [0.717, 1.165) is 18.8 Å². The Kier molecular flexibility index (Phi) is 6.02. The van der Waals surface area contributed by atoms with E-state index >= 15 is 0 Å². The first-order chi connectivity index (χ1) is 7.86. The number of unbranched alkanes of at least 4 members (excludes halogenated alkanes) is 4. The number of ether oxygens (including phenoxy) is 1. The van der Waals surface area contributed by atoms with Gasteiger partial charge in [-0.25, -0.2) is 4.98 Å². The van der Waals surface area contributed by atoms with Crippen LogP contribution in [0.15, 0.2) is 18.3 Å². The minimum absolute atomic E-state index is 0.406. The van der Waals surface area contributed by atoms with E-state index in [4.69, 9.17) is 10.00 Å². The first-order valence-corrected chi connectivity index (χ1v) is 5.85. The molecular formula is C13H18N2O. The highest BCUT2D eigenvalue weighted by atomic mass is 16.5. The Morgan fingerprint density at radius 1 is 1.31 bits per heavy atom. The van der Waals surface area contributed by atoms with Gasteiger partial charge in [0, 0.05) is 12.3 Å². The predicted octanol–water partition coefficient (Wildman–Crippen LogP) is 3.30. The van der Waals surface area contributed by atoms with E-state index in [2.05, 4.69) is 11.9 Å². The third-order valence-electron chi connectivity index (χ3n) is 2.36. The molecule has 0 aliphatic rings. The molecule has 0 aliphatic heterocycles. The average Bonchev–Trinajstić information content (AvgIpc) is 2.34. The summed E-state index contributed by atoms with van der Waals surface area (Å²) in [5.74, 6) is 0.738. The standard InChI is InChI=1S/C13H18N2O/c1-2-3-4-5-6-9-16-13-7-8-15-12(10-13)11-14/h7-8,10H,2-6,9H2,1H3. The quantitative estimate of drug-likeness (QED) is 0.659. The number of rotatable bonds is 7. The van der Waals surface area contributed by atoms with E-state index in [1.54, 1.807) is 18.3 Å². The van der Waals surface area contributed by atoms with Gasteiger partial charge in [0.15, 0.2) is 0 Å². The summed E-state index contributed by atoms with van der Waals surface area (Å²) >= 11 is 0. The molecule has 16 heavy (non-hydrogen) atoms. The second-order valence-corrected chi connectivity index (χ2v) is 3.75. The third kappa shape index (κ3) is 4.79. The van der Waals surface area contributed by atoms with Crippen LogP contribution in [0, 0.1) is 11.3 Å². The highest BCUT2D eigenvalue weighted by molar-refractivity contribution is 5.29. The van der Waals surface area contributed by atoms with Gasteiger partial charge in [0.05, 0.1) is 6.61 Å². The van der Waals surface area contributed by atoms with Crippen LogP contribution in [-0.2, 0) is 0 Å². The molecule has 0 aliphatic carbocycles. The Balaban J connectivity index is 2.19. The van der Waals surface area contributed by atoms with Gasteiger partial charge in [-0.05, 0) is 12.5 Å². The molecule has 0 radical (unpaired) electrons. The summed E-state index contributed by atoms with van der Waals surface area (Å²) in [6.07, 6.45) is 7.73. The zero-order chi connectivity index (χ0) is 11.6. The van der Waals surface area contributed by atoms with Gasteiger partial charge in [-0.3, -0.25) is 0 Å². The van der Waals surface area contributed by atoms with E-state index in [0.29, 0.717) is 5.69 Å². The summed E-state index contributed by atoms with van der Waals surface area (Å²) < 4.78 is 5.54. The monoisotopic (exact) mass is 218 g/mol. The number of pyridine rings is 1. The lowest BCUT2D eigenvalue weighted by Crippen LogP contribution is -1.98. The van der Waals surface area contributed by atoms with Gasteiger partial charge < -0.3 is 4.74 Å². The fourth-order valence-electron chi connectivity index (χ4n) is 1.46. The van der Waals surface area contributed by atoms with Gasteiger partial charge in [-0.2, -0.15) is 5.26 Å². The number of hydrogen-bond donors (Lipinski definition) is 0. The van der Waals surface area contributed by atoms with Crippen LogP contribution >= 0.6 is 0 Å². The molecule has 0 fully saturated rings. The number of nitriles is 1. The Morgan fingerprint density at radius 2 is 2.12 bits per heavy atom. The summed E-state index contributed by atoms with van der Waals surface area (Å²) in [6.45, 7) is 2.93. The minimum atomic E-state index is 0.406. The highest BCUT2D eigenvalue weighted by Gasteiger charge is 1.96. The molecule has 0 atom stereocenters. The van der Waals surface area contributed by atoms with Crippen LogP contribution in [0.4, 0.5) is 0 Å². The average molecular weight is 218 g/mol. The fraction of sp³-hybridized carbons (Fsp3) is 0.538. The molecule has 0 amide bonds. The van der Waals surface area contributed by atoms with Crippen molar-refractivity contribution in [3.8, 4) is 11.8 Å². The summed E-state index contributed by atoms with van der Waals surface area (Å²) in [5, 5.41) is 8.66. The Labute approximate surface area is 97.1 Å². The van der Waals surface area contributed by atoms with Gasteiger partial charge in [0.2, 0.25) is 0 Å². The molecule has 1 aromatic heterocycles. The molecule has 0 saturated heterocycles. The summed E-state index contributed by atoms with van der Waals surface area (Å²) in [6, 6.07) is 5.45. The normalized spacial score (nSPS) is 9.75. The Morgan fingerprint density at radius 3 is 2.88 bits per heavy atom. The predicted molar refractivity (Wildman–Crippen MR) is 63.2 cm³/mol. The van der Waals surface area contributed by atoms with Gasteiger partial charge in [0.1, 0.15) is 17.5 Å². The van der Waals surface area contributed by atoms with Gasteiger partial charge >= 0.3 is 0 Å². The highest BCUT2D eigenvalue weighted by Crippen LogP contribution is 2.11. The van der Waals surface area contributed by atoms with E-state index in [-0.39, 0.29) is 0 Å². The van der Waals surface area contributed by atoms with Crippen LogP contribution < -0.4 is 4.74 Å². The molecule has 1 aromatic rings. The van der Waals surface area contributed by atoms with Crippen molar-refractivity contribution in [2.24, 2.45) is 0 Å². The van der Waals surface area contributed by atoms with Crippen LogP contribution in [0.1, 0.15) is 44.7 Å². The lowest BCUT2D eigenvalue weighted by atomic mass is 10.2. The Bertz CT molecular complexity index is 344. The van der Waals surface area contributed by atoms with Gasteiger partial charge in [-0.1, -0.05) is 32.6 Å². The summed E-state index contributed by atoms with van der Waals surface area (Å²) in [5.41, 5.74) is 0.406. The Hall–Kier alpha value is -1.56. The molecule has 0 bridgehead atoms. The SMILES string of the molecule is CCCCCCCOc1ccnc(C#N)c1. The van der Waals surface area contributed by atoms with Crippen LogP contribution in [0.2, 0.25) is 0 Å². The van der Waals surface area contributed by atoms with Gasteiger partial charge in [0.25, 0.3) is 0 Å². The van der Waals surface area contributed by atoms with Gasteiger partial charge in [-0.15, -0.1) is 0 Å². The van der Waals surface area contributed by atoms with Crippen molar-refractivity contribution in [2.45, 2.75) is 39.0 Å². The lowest BCUT2D eigenvalue weighted by molar-refractivity contribution is 0.304. The van der Waals surface area contributed by atoms with Crippen molar-refractivity contribution in [1.29, 1.82) is 5.26 Å². The molecule has 0 aromatic carbocycles. The molecule has 86 valence electrons. The van der Waals surface area contributed by atoms with Crippen molar-refractivity contribution in [2.75, 3.05) is 6.61 Å². The first-order valence-electron chi connectivity index (χ1n) is 5.85. The maximum Gasteiger partial charge on any atom is 0.144 e. The lowest BCUT2D eigenvalue weighted by Gasteiger charge is -2.05. The second kappa shape index (κ2) is 7.70. The van der Waals surface area contributed by atoms with E-state index in [1.165, 1.54) is 25.7 Å². The molecule has 0 spiro atoms. The topological polar surface area (TPSA) is 45.9 Å². The molecular weight excluding hydrogens is 200 g/mol. The van der Waals surface area contributed by atoms with E-state index in [1.807, 2.05) is 6.07 Å². The second-order valence-electron chi connectivity index (χ2n) is 3.75. The minimum Gasteiger partial charge on any atom is -0.493 e. The molecule has 3 nitrogen and oxygen atoms in total. The van der Waals surface area contributed by atoms with Crippen LogP contribution in [0.5, 0.6) is 5.75 Å². The van der Waals surface area contributed by atoms with Crippen LogP contribution in [0.3, 0.4) is 0 Å². The smallest absolute Gasteiger partial charge is 0.144 e. The van der Waals surface area contributed by atoms with Crippen molar-refractivity contribution in [1.82, 2.24) is 4.98 Å². The molecule has 0 unspecified atom stereocenters. The molecule has 1 rings (SSSR count). The molecule has 3 heteroatoms.